The van der Waals surface area contributed by atoms with Gasteiger partial charge in [0.2, 0.25) is 0 Å². The number of halogens is 1. The number of aryl methyl sites for hydroxylation is 3. The molecule has 0 saturated carbocycles. The van der Waals surface area contributed by atoms with Gasteiger partial charge in [0, 0.05) is 0 Å². The predicted molar refractivity (Wildman–Crippen MR) is 104 cm³/mol. The Morgan fingerprint density at radius 2 is 1.74 bits per heavy atom. The van der Waals surface area contributed by atoms with Gasteiger partial charge in [-0.2, -0.15) is 0 Å². The first-order valence-electron chi connectivity index (χ1n) is 8.30. The van der Waals surface area contributed by atoms with E-state index in [2.05, 4.69) is 5.32 Å². The van der Waals surface area contributed by atoms with Crippen molar-refractivity contribution in [1.29, 1.82) is 0 Å². The molecule has 0 aliphatic carbocycles. The van der Waals surface area contributed by atoms with E-state index in [1.807, 2.05) is 32.9 Å². The number of benzene rings is 2. The SMILES string of the molecule is COc1cc(C)ccc1OCC(=O)OCC(=O)Nc1c(C)cc(C)cc1Cl. The first-order chi connectivity index (χ1) is 12.8. The van der Waals surface area contributed by atoms with Crippen molar-refractivity contribution in [2.45, 2.75) is 20.8 Å². The van der Waals surface area contributed by atoms with Crippen molar-refractivity contribution in [3.8, 4) is 11.5 Å². The van der Waals surface area contributed by atoms with Crippen LogP contribution in [0.4, 0.5) is 5.69 Å². The number of rotatable bonds is 7. The molecule has 2 aromatic rings. The maximum atomic E-state index is 12.0. The lowest BCUT2D eigenvalue weighted by Gasteiger charge is -2.13. The number of hydrogen-bond donors (Lipinski definition) is 1. The molecule has 144 valence electrons. The van der Waals surface area contributed by atoms with Gasteiger partial charge in [0.1, 0.15) is 0 Å². The molecule has 7 heteroatoms. The van der Waals surface area contributed by atoms with Crippen molar-refractivity contribution < 1.29 is 23.8 Å². The lowest BCUT2D eigenvalue weighted by Crippen LogP contribution is -2.24. The predicted octanol–water partition coefficient (Wildman–Crippen LogP) is 3.83. The number of methoxy groups -OCH3 is 1. The molecular weight excluding hydrogens is 370 g/mol. The summed E-state index contributed by atoms with van der Waals surface area (Å²) in [5, 5.41) is 3.08. The Kier molecular flexibility index (Phi) is 7.07. The molecule has 0 saturated heterocycles. The number of nitrogens with one attached hydrogen (secondary N) is 1. The van der Waals surface area contributed by atoms with E-state index in [1.54, 1.807) is 18.2 Å². The zero-order chi connectivity index (χ0) is 20.0. The quantitative estimate of drug-likeness (QED) is 0.726. The van der Waals surface area contributed by atoms with Gasteiger partial charge in [0.15, 0.2) is 24.7 Å². The van der Waals surface area contributed by atoms with E-state index in [0.717, 1.165) is 16.7 Å². The number of amides is 1. The fraction of sp³-hybridized carbons (Fsp3) is 0.300. The lowest BCUT2D eigenvalue weighted by molar-refractivity contribution is -0.149. The molecule has 0 radical (unpaired) electrons. The van der Waals surface area contributed by atoms with Crippen LogP contribution in [0.1, 0.15) is 16.7 Å². The van der Waals surface area contributed by atoms with Crippen LogP contribution in [-0.4, -0.2) is 32.2 Å². The van der Waals surface area contributed by atoms with Crippen LogP contribution in [0.2, 0.25) is 5.02 Å². The van der Waals surface area contributed by atoms with E-state index >= 15 is 0 Å². The fourth-order valence-electron chi connectivity index (χ4n) is 2.47. The van der Waals surface area contributed by atoms with Crippen LogP contribution in [0.3, 0.4) is 0 Å². The molecular formula is C20H22ClNO5. The summed E-state index contributed by atoms with van der Waals surface area (Å²) in [6.45, 7) is 4.90. The monoisotopic (exact) mass is 391 g/mol. The van der Waals surface area contributed by atoms with Crippen LogP contribution in [0, 0.1) is 20.8 Å². The second-order valence-electron chi connectivity index (χ2n) is 6.09. The molecule has 0 bridgehead atoms. The first-order valence-corrected chi connectivity index (χ1v) is 8.67. The third-order valence-electron chi connectivity index (χ3n) is 3.73. The Morgan fingerprint density at radius 3 is 2.41 bits per heavy atom. The van der Waals surface area contributed by atoms with Crippen molar-refractivity contribution in [1.82, 2.24) is 0 Å². The molecule has 1 amide bonds. The van der Waals surface area contributed by atoms with Gasteiger partial charge >= 0.3 is 5.97 Å². The molecule has 0 unspecified atom stereocenters. The third-order valence-corrected chi connectivity index (χ3v) is 4.02. The zero-order valence-electron chi connectivity index (χ0n) is 15.7. The largest absolute Gasteiger partial charge is 0.493 e. The standard InChI is InChI=1S/C20H22ClNO5/c1-12-5-6-16(17(9-12)25-4)26-11-19(24)27-10-18(23)22-20-14(3)7-13(2)8-15(20)21/h5-9H,10-11H2,1-4H3,(H,22,23). The minimum Gasteiger partial charge on any atom is -0.493 e. The summed E-state index contributed by atoms with van der Waals surface area (Å²) < 4.78 is 15.5. The topological polar surface area (TPSA) is 73.9 Å². The summed E-state index contributed by atoms with van der Waals surface area (Å²) in [4.78, 5) is 23.8. The van der Waals surface area contributed by atoms with Gasteiger partial charge in [-0.15, -0.1) is 0 Å². The van der Waals surface area contributed by atoms with E-state index in [9.17, 15) is 9.59 Å². The van der Waals surface area contributed by atoms with Crippen molar-refractivity contribution in [2.75, 3.05) is 25.6 Å². The van der Waals surface area contributed by atoms with E-state index in [0.29, 0.717) is 22.2 Å². The minimum absolute atomic E-state index is 0.336. The van der Waals surface area contributed by atoms with Crippen molar-refractivity contribution in [3.63, 3.8) is 0 Å². The van der Waals surface area contributed by atoms with E-state index in [-0.39, 0.29) is 6.61 Å². The van der Waals surface area contributed by atoms with Gasteiger partial charge in [-0.1, -0.05) is 23.7 Å². The summed E-state index contributed by atoms with van der Waals surface area (Å²) in [6.07, 6.45) is 0. The van der Waals surface area contributed by atoms with Crippen molar-refractivity contribution >= 4 is 29.2 Å². The van der Waals surface area contributed by atoms with Crippen LogP contribution in [0.15, 0.2) is 30.3 Å². The van der Waals surface area contributed by atoms with Crippen LogP contribution in [-0.2, 0) is 14.3 Å². The maximum Gasteiger partial charge on any atom is 0.344 e. The smallest absolute Gasteiger partial charge is 0.344 e. The highest BCUT2D eigenvalue weighted by Gasteiger charge is 2.13. The molecule has 2 rings (SSSR count). The van der Waals surface area contributed by atoms with Gasteiger partial charge in [0.25, 0.3) is 5.91 Å². The minimum atomic E-state index is -0.667. The average molecular weight is 392 g/mol. The summed E-state index contributed by atoms with van der Waals surface area (Å²) in [7, 11) is 1.52. The van der Waals surface area contributed by atoms with E-state index in [1.165, 1.54) is 7.11 Å². The Labute approximate surface area is 163 Å². The highest BCUT2D eigenvalue weighted by atomic mass is 35.5. The molecule has 0 atom stereocenters. The van der Waals surface area contributed by atoms with Crippen LogP contribution >= 0.6 is 11.6 Å². The molecule has 0 aliphatic heterocycles. The van der Waals surface area contributed by atoms with Gasteiger partial charge in [-0.05, 0) is 55.7 Å². The Hall–Kier alpha value is -2.73. The molecule has 0 heterocycles. The molecule has 0 aromatic heterocycles. The van der Waals surface area contributed by atoms with Crippen LogP contribution in [0.25, 0.3) is 0 Å². The van der Waals surface area contributed by atoms with Gasteiger partial charge < -0.3 is 19.5 Å². The van der Waals surface area contributed by atoms with E-state index in [4.69, 9.17) is 25.8 Å². The number of ether oxygens (including phenoxy) is 3. The first kappa shape index (κ1) is 20.6. The Morgan fingerprint density at radius 1 is 1.00 bits per heavy atom. The number of esters is 1. The van der Waals surface area contributed by atoms with Crippen molar-refractivity contribution in [2.24, 2.45) is 0 Å². The molecule has 0 spiro atoms. The summed E-state index contributed by atoms with van der Waals surface area (Å²) in [5.41, 5.74) is 3.33. The van der Waals surface area contributed by atoms with Crippen LogP contribution in [0.5, 0.6) is 11.5 Å². The lowest BCUT2D eigenvalue weighted by atomic mass is 10.1. The summed E-state index contributed by atoms with van der Waals surface area (Å²) in [5.74, 6) is -0.207. The van der Waals surface area contributed by atoms with Gasteiger partial charge in [-0.3, -0.25) is 4.79 Å². The molecule has 0 aliphatic rings. The van der Waals surface area contributed by atoms with Crippen molar-refractivity contribution in [3.05, 3.63) is 52.0 Å². The summed E-state index contributed by atoms with van der Waals surface area (Å²) >= 11 is 6.14. The number of anilines is 1. The second-order valence-corrected chi connectivity index (χ2v) is 6.50. The second kappa shape index (κ2) is 9.28. The molecule has 27 heavy (non-hydrogen) atoms. The highest BCUT2D eigenvalue weighted by Crippen LogP contribution is 2.28. The molecule has 2 aromatic carbocycles. The Balaban J connectivity index is 1.84. The maximum absolute atomic E-state index is 12.0. The van der Waals surface area contributed by atoms with Gasteiger partial charge in [0.05, 0.1) is 17.8 Å². The average Bonchev–Trinajstić information content (AvgIpc) is 2.61. The number of carbonyl (C=O) groups is 2. The molecule has 1 N–H and O–H groups in total. The Bertz CT molecular complexity index is 827. The molecule has 6 nitrogen and oxygen atoms in total. The fourth-order valence-corrected chi connectivity index (χ4v) is 2.84. The zero-order valence-corrected chi connectivity index (χ0v) is 16.5. The third kappa shape index (κ3) is 5.89. The summed E-state index contributed by atoms with van der Waals surface area (Å²) in [6, 6.07) is 8.98. The van der Waals surface area contributed by atoms with Gasteiger partial charge in [-0.25, -0.2) is 4.79 Å². The highest BCUT2D eigenvalue weighted by molar-refractivity contribution is 6.34. The normalized spacial score (nSPS) is 10.3. The molecule has 0 fully saturated rings. The number of hydrogen-bond acceptors (Lipinski definition) is 5. The van der Waals surface area contributed by atoms with Crippen LogP contribution < -0.4 is 14.8 Å². The van der Waals surface area contributed by atoms with E-state index < -0.39 is 18.5 Å². The number of carbonyl (C=O) groups excluding carboxylic acids is 2.